The zero-order valence-corrected chi connectivity index (χ0v) is 19.7. The maximum atomic E-state index is 5.89. The van der Waals surface area contributed by atoms with Crippen LogP contribution in [0.15, 0.2) is 35.5 Å². The number of nitrogens with one attached hydrogen (secondary N) is 2. The summed E-state index contributed by atoms with van der Waals surface area (Å²) in [4.78, 5) is 8.50. The van der Waals surface area contributed by atoms with E-state index in [1.54, 1.807) is 20.4 Å². The van der Waals surface area contributed by atoms with Crippen LogP contribution in [0.2, 0.25) is 0 Å². The first-order valence-electron chi connectivity index (χ1n) is 9.51. The van der Waals surface area contributed by atoms with E-state index in [9.17, 15) is 0 Å². The Balaban J connectivity index is 0.00000300. The normalized spacial score (nSPS) is 15.0. The lowest BCUT2D eigenvalue weighted by Gasteiger charge is -2.16. The van der Waals surface area contributed by atoms with Gasteiger partial charge in [0.1, 0.15) is 17.6 Å². The molecule has 0 saturated carbocycles. The van der Waals surface area contributed by atoms with Crippen molar-refractivity contribution in [1.82, 2.24) is 15.6 Å². The highest BCUT2D eigenvalue weighted by molar-refractivity contribution is 14.0. The number of ether oxygens (including phenoxy) is 3. The molecule has 7 nitrogen and oxygen atoms in total. The van der Waals surface area contributed by atoms with E-state index in [0.29, 0.717) is 31.5 Å². The molecule has 0 bridgehead atoms. The summed E-state index contributed by atoms with van der Waals surface area (Å²) >= 11 is 0. The monoisotopic (exact) mass is 512 g/mol. The second kappa shape index (κ2) is 11.1. The number of benzene rings is 1. The predicted molar refractivity (Wildman–Crippen MR) is 125 cm³/mol. The number of rotatable bonds is 7. The zero-order chi connectivity index (χ0) is 19.9. The number of hydrogen-bond acceptors (Lipinski definition) is 5. The summed E-state index contributed by atoms with van der Waals surface area (Å²) in [5, 5.41) is 6.63. The summed E-state index contributed by atoms with van der Waals surface area (Å²) in [5.74, 6) is 3.14. The van der Waals surface area contributed by atoms with E-state index in [-0.39, 0.29) is 30.1 Å². The molecule has 2 heterocycles. The third kappa shape index (κ3) is 6.12. The van der Waals surface area contributed by atoms with Crippen LogP contribution in [0.1, 0.15) is 30.5 Å². The van der Waals surface area contributed by atoms with Gasteiger partial charge in [-0.25, -0.2) is 4.98 Å². The Labute approximate surface area is 189 Å². The number of pyridine rings is 1. The van der Waals surface area contributed by atoms with Crippen molar-refractivity contribution >= 4 is 29.9 Å². The third-order valence-electron chi connectivity index (χ3n) is 4.52. The molecule has 0 radical (unpaired) electrons. The maximum absolute atomic E-state index is 5.89. The Morgan fingerprint density at radius 1 is 1.28 bits per heavy atom. The van der Waals surface area contributed by atoms with Crippen LogP contribution in [-0.2, 0) is 19.5 Å². The molecule has 0 amide bonds. The molecule has 29 heavy (non-hydrogen) atoms. The van der Waals surface area contributed by atoms with Gasteiger partial charge in [-0.1, -0.05) is 6.07 Å². The number of fused-ring (bicyclic) bond motifs is 1. The van der Waals surface area contributed by atoms with E-state index >= 15 is 0 Å². The summed E-state index contributed by atoms with van der Waals surface area (Å²) in [7, 11) is 3.35. The predicted octanol–water partition coefficient (Wildman–Crippen LogP) is 3.30. The minimum absolute atomic E-state index is 0. The molecular formula is C21H29IN4O3. The first kappa shape index (κ1) is 23.1. The molecule has 1 aromatic heterocycles. The molecule has 3 rings (SSSR count). The summed E-state index contributed by atoms with van der Waals surface area (Å²) in [6, 6.07) is 7.97. The Hall–Kier alpha value is -2.23. The lowest BCUT2D eigenvalue weighted by molar-refractivity contribution is 0.254. The van der Waals surface area contributed by atoms with Crippen molar-refractivity contribution in [1.29, 1.82) is 0 Å². The van der Waals surface area contributed by atoms with Crippen molar-refractivity contribution in [3.8, 4) is 17.4 Å². The molecule has 8 heteroatoms. The lowest BCUT2D eigenvalue weighted by atomic mass is 10.1. The number of halogens is 1. The first-order chi connectivity index (χ1) is 13.6. The van der Waals surface area contributed by atoms with E-state index in [2.05, 4.69) is 39.7 Å². The molecule has 1 aliphatic rings. The summed E-state index contributed by atoms with van der Waals surface area (Å²) < 4.78 is 16.8. The van der Waals surface area contributed by atoms with E-state index in [1.165, 1.54) is 5.56 Å². The number of aliphatic imine (C=N–C) groups is 1. The maximum Gasteiger partial charge on any atom is 0.212 e. The van der Waals surface area contributed by atoms with Gasteiger partial charge in [-0.05, 0) is 31.5 Å². The fourth-order valence-electron chi connectivity index (χ4n) is 3.13. The SMILES string of the molecule is CCOc1cc2c(cc1CNC(=NC)NCc1ccc(OC)nc1)OC(C)C2.I. The standard InChI is InChI=1S/C21H28N4O3.HI/c1-5-27-18-9-16-8-14(2)28-19(16)10-17(18)13-25-21(22-3)24-12-15-6-7-20(26-4)23-11-15;/h6-7,9-11,14H,5,8,12-13H2,1-4H3,(H2,22,24,25);1H. The highest BCUT2D eigenvalue weighted by atomic mass is 127. The number of methoxy groups -OCH3 is 1. The number of hydrogen-bond donors (Lipinski definition) is 2. The van der Waals surface area contributed by atoms with Gasteiger partial charge in [0.25, 0.3) is 0 Å². The molecule has 1 unspecified atom stereocenters. The van der Waals surface area contributed by atoms with Gasteiger partial charge in [-0.2, -0.15) is 0 Å². The van der Waals surface area contributed by atoms with Crippen molar-refractivity contribution in [3.05, 3.63) is 47.2 Å². The van der Waals surface area contributed by atoms with E-state index in [1.807, 2.05) is 19.1 Å². The molecule has 0 aliphatic carbocycles. The van der Waals surface area contributed by atoms with Gasteiger partial charge >= 0.3 is 0 Å². The van der Waals surface area contributed by atoms with Gasteiger partial charge in [0, 0.05) is 49.9 Å². The molecular weight excluding hydrogens is 483 g/mol. The fraction of sp³-hybridized carbons (Fsp3) is 0.429. The van der Waals surface area contributed by atoms with Crippen molar-refractivity contribution < 1.29 is 14.2 Å². The molecule has 0 fully saturated rings. The van der Waals surface area contributed by atoms with Crippen LogP contribution in [0.25, 0.3) is 0 Å². The topological polar surface area (TPSA) is 77.0 Å². The van der Waals surface area contributed by atoms with Crippen molar-refractivity contribution in [2.24, 2.45) is 4.99 Å². The Morgan fingerprint density at radius 2 is 2.07 bits per heavy atom. The number of nitrogens with zero attached hydrogens (tertiary/aromatic N) is 2. The van der Waals surface area contributed by atoms with Crippen LogP contribution < -0.4 is 24.8 Å². The van der Waals surface area contributed by atoms with Crippen LogP contribution in [0.5, 0.6) is 17.4 Å². The van der Waals surface area contributed by atoms with E-state index in [4.69, 9.17) is 14.2 Å². The molecule has 1 atom stereocenters. The number of guanidine groups is 1. The van der Waals surface area contributed by atoms with Gasteiger partial charge in [-0.15, -0.1) is 24.0 Å². The van der Waals surface area contributed by atoms with Crippen LogP contribution >= 0.6 is 24.0 Å². The quantitative estimate of drug-likeness (QED) is 0.337. The molecule has 0 spiro atoms. The van der Waals surface area contributed by atoms with Gasteiger partial charge in [0.05, 0.1) is 13.7 Å². The van der Waals surface area contributed by atoms with Gasteiger partial charge in [0.15, 0.2) is 5.96 Å². The lowest BCUT2D eigenvalue weighted by Crippen LogP contribution is -2.36. The molecule has 158 valence electrons. The summed E-state index contributed by atoms with van der Waals surface area (Å²) in [6.45, 7) is 5.89. The fourth-order valence-corrected chi connectivity index (χ4v) is 3.13. The molecule has 2 N–H and O–H groups in total. The van der Waals surface area contributed by atoms with Crippen LogP contribution in [0.3, 0.4) is 0 Å². The highest BCUT2D eigenvalue weighted by Crippen LogP contribution is 2.35. The zero-order valence-electron chi connectivity index (χ0n) is 17.3. The van der Waals surface area contributed by atoms with Gasteiger partial charge in [0.2, 0.25) is 5.88 Å². The Kier molecular flexibility index (Phi) is 8.81. The smallest absolute Gasteiger partial charge is 0.212 e. The van der Waals surface area contributed by atoms with Crippen LogP contribution in [-0.4, -0.2) is 37.8 Å². The van der Waals surface area contributed by atoms with Crippen LogP contribution in [0.4, 0.5) is 0 Å². The average molecular weight is 512 g/mol. The molecule has 1 aliphatic heterocycles. The van der Waals surface area contributed by atoms with Gasteiger partial charge in [-0.3, -0.25) is 4.99 Å². The minimum atomic E-state index is 0. The average Bonchev–Trinajstić information content (AvgIpc) is 3.07. The Morgan fingerprint density at radius 3 is 2.72 bits per heavy atom. The van der Waals surface area contributed by atoms with Gasteiger partial charge < -0.3 is 24.8 Å². The second-order valence-electron chi connectivity index (χ2n) is 6.62. The summed E-state index contributed by atoms with van der Waals surface area (Å²) in [6.07, 6.45) is 2.91. The molecule has 0 saturated heterocycles. The number of aromatic nitrogens is 1. The van der Waals surface area contributed by atoms with Crippen molar-refractivity contribution in [2.75, 3.05) is 20.8 Å². The Bertz CT molecular complexity index is 827. The van der Waals surface area contributed by atoms with E-state index in [0.717, 1.165) is 29.0 Å². The first-order valence-corrected chi connectivity index (χ1v) is 9.51. The third-order valence-corrected chi connectivity index (χ3v) is 4.52. The summed E-state index contributed by atoms with van der Waals surface area (Å²) in [5.41, 5.74) is 3.29. The minimum Gasteiger partial charge on any atom is -0.494 e. The second-order valence-corrected chi connectivity index (χ2v) is 6.62. The van der Waals surface area contributed by atoms with E-state index < -0.39 is 0 Å². The van der Waals surface area contributed by atoms with Crippen LogP contribution in [0, 0.1) is 0 Å². The highest BCUT2D eigenvalue weighted by Gasteiger charge is 2.21. The van der Waals surface area contributed by atoms with Crippen molar-refractivity contribution in [3.63, 3.8) is 0 Å². The molecule has 1 aromatic carbocycles. The largest absolute Gasteiger partial charge is 0.494 e. The molecule has 2 aromatic rings. The van der Waals surface area contributed by atoms with Crippen molar-refractivity contribution in [2.45, 2.75) is 39.5 Å².